The second-order valence-corrected chi connectivity index (χ2v) is 4.14. The summed E-state index contributed by atoms with van der Waals surface area (Å²) in [7, 11) is 0. The fraction of sp³-hybridized carbons (Fsp3) is 0.417. The van der Waals surface area contributed by atoms with Gasteiger partial charge >= 0.3 is 0 Å². The molecule has 2 aromatic rings. The van der Waals surface area contributed by atoms with Crippen molar-refractivity contribution >= 4 is 0 Å². The van der Waals surface area contributed by atoms with Crippen molar-refractivity contribution in [3.8, 4) is 0 Å². The van der Waals surface area contributed by atoms with Gasteiger partial charge in [0.25, 0.3) is 0 Å². The van der Waals surface area contributed by atoms with Gasteiger partial charge in [-0.05, 0) is 32.9 Å². The number of rotatable bonds is 3. The van der Waals surface area contributed by atoms with E-state index in [0.29, 0.717) is 0 Å². The van der Waals surface area contributed by atoms with E-state index in [2.05, 4.69) is 9.55 Å². The standard InChI is InChI=1S/C12H17N3O/c1-8(13)12(11-5-4-6-16-11)15-7-14-9(2)10(15)3/h4-8,12H,13H2,1-3H3. The Balaban J connectivity index is 2.45. The van der Waals surface area contributed by atoms with E-state index in [1.165, 1.54) is 0 Å². The van der Waals surface area contributed by atoms with E-state index in [4.69, 9.17) is 10.2 Å². The molecule has 86 valence electrons. The Morgan fingerprint density at radius 3 is 2.62 bits per heavy atom. The molecule has 0 radical (unpaired) electrons. The Labute approximate surface area is 95.1 Å². The molecule has 0 saturated carbocycles. The largest absolute Gasteiger partial charge is 0.467 e. The number of imidazole rings is 1. The zero-order chi connectivity index (χ0) is 11.7. The third kappa shape index (κ3) is 1.76. The molecule has 0 fully saturated rings. The minimum atomic E-state index is -0.0292. The topological polar surface area (TPSA) is 57.0 Å². The van der Waals surface area contributed by atoms with Gasteiger partial charge in [0.2, 0.25) is 0 Å². The number of hydrogen-bond donors (Lipinski definition) is 1. The van der Waals surface area contributed by atoms with Crippen LogP contribution in [0.5, 0.6) is 0 Å². The van der Waals surface area contributed by atoms with Gasteiger partial charge in [-0.25, -0.2) is 4.98 Å². The van der Waals surface area contributed by atoms with E-state index >= 15 is 0 Å². The predicted octanol–water partition coefficient (Wildman–Crippen LogP) is 2.03. The van der Waals surface area contributed by atoms with Crippen LogP contribution in [0.3, 0.4) is 0 Å². The second kappa shape index (κ2) is 4.14. The quantitative estimate of drug-likeness (QED) is 0.859. The van der Waals surface area contributed by atoms with Crippen molar-refractivity contribution in [2.75, 3.05) is 0 Å². The first kappa shape index (κ1) is 11.0. The van der Waals surface area contributed by atoms with Crippen LogP contribution in [0.1, 0.15) is 30.1 Å². The number of furan rings is 1. The van der Waals surface area contributed by atoms with Gasteiger partial charge in [0.1, 0.15) is 11.8 Å². The molecular formula is C12H17N3O. The summed E-state index contributed by atoms with van der Waals surface area (Å²) in [6.45, 7) is 6.01. The SMILES string of the molecule is Cc1ncn(C(c2ccco2)C(C)N)c1C. The van der Waals surface area contributed by atoms with E-state index in [0.717, 1.165) is 17.1 Å². The number of aromatic nitrogens is 2. The second-order valence-electron chi connectivity index (χ2n) is 4.14. The third-order valence-corrected chi connectivity index (χ3v) is 2.92. The summed E-state index contributed by atoms with van der Waals surface area (Å²) in [5.74, 6) is 0.871. The highest BCUT2D eigenvalue weighted by Gasteiger charge is 2.22. The van der Waals surface area contributed by atoms with Crippen LogP contribution in [0.25, 0.3) is 0 Å². The van der Waals surface area contributed by atoms with Crippen LogP contribution in [-0.4, -0.2) is 15.6 Å². The normalized spacial score (nSPS) is 15.0. The smallest absolute Gasteiger partial charge is 0.128 e. The number of nitrogens with zero attached hydrogens (tertiary/aromatic N) is 2. The van der Waals surface area contributed by atoms with Crippen molar-refractivity contribution in [3.05, 3.63) is 41.9 Å². The summed E-state index contributed by atoms with van der Waals surface area (Å²) in [5.41, 5.74) is 8.18. The molecule has 0 saturated heterocycles. The van der Waals surface area contributed by atoms with E-state index < -0.39 is 0 Å². The maximum atomic E-state index is 6.03. The molecule has 2 N–H and O–H groups in total. The average Bonchev–Trinajstić information content (AvgIpc) is 2.83. The molecule has 0 spiro atoms. The van der Waals surface area contributed by atoms with Crippen molar-refractivity contribution in [1.82, 2.24) is 9.55 Å². The molecule has 0 aromatic carbocycles. The molecule has 0 amide bonds. The summed E-state index contributed by atoms with van der Waals surface area (Å²) in [5, 5.41) is 0. The van der Waals surface area contributed by atoms with Gasteiger partial charge in [0.15, 0.2) is 0 Å². The lowest BCUT2D eigenvalue weighted by molar-refractivity contribution is 0.386. The maximum absolute atomic E-state index is 6.03. The zero-order valence-electron chi connectivity index (χ0n) is 9.84. The first-order chi connectivity index (χ1) is 7.61. The lowest BCUT2D eigenvalue weighted by atomic mass is 10.1. The average molecular weight is 219 g/mol. The van der Waals surface area contributed by atoms with Crippen LogP contribution in [0, 0.1) is 13.8 Å². The molecular weight excluding hydrogens is 202 g/mol. The lowest BCUT2D eigenvalue weighted by Gasteiger charge is -2.21. The number of nitrogens with two attached hydrogens (primary N) is 1. The van der Waals surface area contributed by atoms with Gasteiger partial charge in [0, 0.05) is 11.7 Å². The first-order valence-corrected chi connectivity index (χ1v) is 5.40. The Morgan fingerprint density at radius 2 is 2.19 bits per heavy atom. The molecule has 2 unspecified atom stereocenters. The summed E-state index contributed by atoms with van der Waals surface area (Å²) in [6, 6.07) is 3.81. The van der Waals surface area contributed by atoms with Gasteiger partial charge in [-0.1, -0.05) is 0 Å². The van der Waals surface area contributed by atoms with Crippen LogP contribution >= 0.6 is 0 Å². The molecule has 0 aliphatic heterocycles. The summed E-state index contributed by atoms with van der Waals surface area (Å²) < 4.78 is 7.52. The third-order valence-electron chi connectivity index (χ3n) is 2.92. The zero-order valence-corrected chi connectivity index (χ0v) is 9.84. The van der Waals surface area contributed by atoms with E-state index in [9.17, 15) is 0 Å². The minimum absolute atomic E-state index is 0.0104. The monoisotopic (exact) mass is 219 g/mol. The first-order valence-electron chi connectivity index (χ1n) is 5.40. The van der Waals surface area contributed by atoms with Gasteiger partial charge in [0.05, 0.1) is 18.3 Å². The lowest BCUT2D eigenvalue weighted by Crippen LogP contribution is -2.30. The fourth-order valence-corrected chi connectivity index (χ4v) is 1.91. The minimum Gasteiger partial charge on any atom is -0.467 e. The van der Waals surface area contributed by atoms with Gasteiger partial charge in [-0.15, -0.1) is 0 Å². The van der Waals surface area contributed by atoms with Gasteiger partial charge < -0.3 is 14.7 Å². The molecule has 2 aromatic heterocycles. The van der Waals surface area contributed by atoms with E-state index in [-0.39, 0.29) is 12.1 Å². The molecule has 2 atom stereocenters. The summed E-state index contributed by atoms with van der Waals surface area (Å²) >= 11 is 0. The van der Waals surface area contributed by atoms with Crippen LogP contribution < -0.4 is 5.73 Å². The van der Waals surface area contributed by atoms with E-state index in [1.54, 1.807) is 6.26 Å². The van der Waals surface area contributed by atoms with Crippen molar-refractivity contribution in [2.45, 2.75) is 32.9 Å². The van der Waals surface area contributed by atoms with Gasteiger partial charge in [-0.3, -0.25) is 0 Å². The highest BCUT2D eigenvalue weighted by molar-refractivity contribution is 5.16. The van der Waals surface area contributed by atoms with Crippen LogP contribution in [0.4, 0.5) is 0 Å². The predicted molar refractivity (Wildman–Crippen MR) is 62.2 cm³/mol. The summed E-state index contributed by atoms with van der Waals surface area (Å²) in [4.78, 5) is 4.30. The van der Waals surface area contributed by atoms with E-state index in [1.807, 2.05) is 39.2 Å². The van der Waals surface area contributed by atoms with Crippen molar-refractivity contribution in [2.24, 2.45) is 5.73 Å². The molecule has 0 aliphatic carbocycles. The molecule has 2 heterocycles. The molecule has 4 nitrogen and oxygen atoms in total. The molecule has 4 heteroatoms. The molecule has 0 bridgehead atoms. The fourth-order valence-electron chi connectivity index (χ4n) is 1.91. The Morgan fingerprint density at radius 1 is 1.44 bits per heavy atom. The maximum Gasteiger partial charge on any atom is 0.128 e. The van der Waals surface area contributed by atoms with Crippen molar-refractivity contribution in [3.63, 3.8) is 0 Å². The number of aryl methyl sites for hydroxylation is 1. The van der Waals surface area contributed by atoms with Crippen LogP contribution in [-0.2, 0) is 0 Å². The number of hydrogen-bond acceptors (Lipinski definition) is 3. The Hall–Kier alpha value is -1.55. The molecule has 2 rings (SSSR count). The molecule has 0 aliphatic rings. The highest BCUT2D eigenvalue weighted by Crippen LogP contribution is 2.24. The van der Waals surface area contributed by atoms with Gasteiger partial charge in [-0.2, -0.15) is 0 Å². The summed E-state index contributed by atoms with van der Waals surface area (Å²) in [6.07, 6.45) is 3.49. The Kier molecular flexibility index (Phi) is 2.83. The van der Waals surface area contributed by atoms with Crippen molar-refractivity contribution < 1.29 is 4.42 Å². The van der Waals surface area contributed by atoms with Crippen molar-refractivity contribution in [1.29, 1.82) is 0 Å². The van der Waals surface area contributed by atoms with Crippen LogP contribution in [0.15, 0.2) is 29.1 Å². The molecule has 16 heavy (non-hydrogen) atoms. The highest BCUT2D eigenvalue weighted by atomic mass is 16.3. The van der Waals surface area contributed by atoms with Crippen LogP contribution in [0.2, 0.25) is 0 Å². The Bertz CT molecular complexity index is 457.